The van der Waals surface area contributed by atoms with E-state index in [-0.39, 0.29) is 11.7 Å². The summed E-state index contributed by atoms with van der Waals surface area (Å²) in [5.74, 6) is 0.273. The molecule has 9 heteroatoms. The Morgan fingerprint density at radius 2 is 2.08 bits per heavy atom. The maximum atomic E-state index is 12.0. The molecule has 1 aromatic carbocycles. The van der Waals surface area contributed by atoms with Crippen LogP contribution in [0.4, 0.5) is 5.69 Å². The van der Waals surface area contributed by atoms with E-state index in [0.29, 0.717) is 22.2 Å². The Kier molecular flexibility index (Phi) is 5.46. The largest absolute Gasteiger partial charge is 0.465 e. The molecule has 0 radical (unpaired) electrons. The highest BCUT2D eigenvalue weighted by Crippen LogP contribution is 2.23. The molecule has 128 valence electrons. The molecule has 0 saturated carbocycles. The van der Waals surface area contributed by atoms with E-state index in [0.717, 1.165) is 4.88 Å². The smallest absolute Gasteiger partial charge is 0.337 e. The average Bonchev–Trinajstić information content (AvgIpc) is 3.31. The summed E-state index contributed by atoms with van der Waals surface area (Å²) in [6, 6.07) is 10.4. The van der Waals surface area contributed by atoms with Gasteiger partial charge in [-0.05, 0) is 35.7 Å². The zero-order chi connectivity index (χ0) is 17.6. The molecule has 25 heavy (non-hydrogen) atoms. The highest BCUT2D eigenvalue weighted by molar-refractivity contribution is 7.99. The van der Waals surface area contributed by atoms with Crippen LogP contribution in [0.5, 0.6) is 0 Å². The number of nitrogens with one attached hydrogen (secondary N) is 2. The monoisotopic (exact) mass is 374 g/mol. The van der Waals surface area contributed by atoms with E-state index >= 15 is 0 Å². The predicted octanol–water partition coefficient (Wildman–Crippen LogP) is 3.05. The number of esters is 1. The Labute approximate surface area is 151 Å². The van der Waals surface area contributed by atoms with Crippen LogP contribution in [-0.2, 0) is 9.53 Å². The van der Waals surface area contributed by atoms with Crippen LogP contribution in [0.15, 0.2) is 46.9 Å². The SMILES string of the molecule is COC(=O)c1ccc(NC(=O)CSc2n[nH]c(-c3cccs3)n2)cc1. The van der Waals surface area contributed by atoms with Crippen molar-refractivity contribution in [2.24, 2.45) is 0 Å². The number of thiophene rings is 1. The topological polar surface area (TPSA) is 97.0 Å². The van der Waals surface area contributed by atoms with Gasteiger partial charge in [0.2, 0.25) is 11.1 Å². The number of carbonyl (C=O) groups excluding carboxylic acids is 2. The lowest BCUT2D eigenvalue weighted by Crippen LogP contribution is -2.14. The van der Waals surface area contributed by atoms with E-state index < -0.39 is 5.97 Å². The molecular formula is C16H14N4O3S2. The fraction of sp³-hybridized carbons (Fsp3) is 0.125. The summed E-state index contributed by atoms with van der Waals surface area (Å²) in [5.41, 5.74) is 1.03. The van der Waals surface area contributed by atoms with Crippen LogP contribution in [0.1, 0.15) is 10.4 Å². The molecule has 3 aromatic rings. The zero-order valence-electron chi connectivity index (χ0n) is 13.2. The van der Waals surface area contributed by atoms with Crippen molar-refractivity contribution in [2.75, 3.05) is 18.2 Å². The van der Waals surface area contributed by atoms with Crippen LogP contribution < -0.4 is 5.32 Å². The first kappa shape index (κ1) is 17.2. The minimum atomic E-state index is -0.417. The van der Waals surface area contributed by atoms with Crippen molar-refractivity contribution in [3.8, 4) is 10.7 Å². The minimum absolute atomic E-state index is 0.181. The van der Waals surface area contributed by atoms with E-state index in [4.69, 9.17) is 0 Å². The molecule has 7 nitrogen and oxygen atoms in total. The second-order valence-corrected chi connectivity index (χ2v) is 6.74. The molecule has 0 unspecified atom stereocenters. The summed E-state index contributed by atoms with van der Waals surface area (Å²) in [7, 11) is 1.32. The maximum absolute atomic E-state index is 12.0. The summed E-state index contributed by atoms with van der Waals surface area (Å²) in [6.07, 6.45) is 0. The van der Waals surface area contributed by atoms with Gasteiger partial charge in [-0.15, -0.1) is 16.4 Å². The second-order valence-electron chi connectivity index (χ2n) is 4.85. The lowest BCUT2D eigenvalue weighted by Gasteiger charge is -2.05. The third-order valence-corrected chi connectivity index (χ3v) is 4.87. The van der Waals surface area contributed by atoms with Gasteiger partial charge < -0.3 is 10.1 Å². The number of aromatic amines is 1. The number of amides is 1. The molecule has 0 spiro atoms. The van der Waals surface area contributed by atoms with Crippen molar-refractivity contribution < 1.29 is 14.3 Å². The summed E-state index contributed by atoms with van der Waals surface area (Å²) >= 11 is 2.81. The van der Waals surface area contributed by atoms with Gasteiger partial charge in [0.25, 0.3) is 0 Å². The van der Waals surface area contributed by atoms with Gasteiger partial charge in [-0.25, -0.2) is 9.78 Å². The van der Waals surface area contributed by atoms with Gasteiger partial charge >= 0.3 is 5.97 Å². The fourth-order valence-electron chi connectivity index (χ4n) is 1.97. The number of ether oxygens (including phenoxy) is 1. The predicted molar refractivity (Wildman–Crippen MR) is 96.8 cm³/mol. The number of nitrogens with zero attached hydrogens (tertiary/aromatic N) is 2. The molecule has 2 heterocycles. The standard InChI is InChI=1S/C16H14N4O3S2/c1-23-15(22)10-4-6-11(7-5-10)17-13(21)9-25-16-18-14(19-20-16)12-3-2-8-24-12/h2-8H,9H2,1H3,(H,17,21)(H,18,19,20). The first-order valence-corrected chi connectivity index (χ1v) is 9.09. The van der Waals surface area contributed by atoms with Crippen molar-refractivity contribution in [3.05, 3.63) is 47.3 Å². The molecule has 0 aliphatic heterocycles. The molecule has 0 aliphatic carbocycles. The third kappa shape index (κ3) is 4.46. The normalized spacial score (nSPS) is 10.4. The number of hydrogen-bond acceptors (Lipinski definition) is 7. The number of benzene rings is 1. The Bertz CT molecular complexity index is 860. The highest BCUT2D eigenvalue weighted by Gasteiger charge is 2.10. The first-order valence-electron chi connectivity index (χ1n) is 7.23. The van der Waals surface area contributed by atoms with Crippen LogP contribution in [0.25, 0.3) is 10.7 Å². The molecule has 3 rings (SSSR count). The van der Waals surface area contributed by atoms with Crippen LogP contribution in [0.2, 0.25) is 0 Å². The number of aromatic nitrogens is 3. The zero-order valence-corrected chi connectivity index (χ0v) is 14.8. The summed E-state index contributed by atoms with van der Waals surface area (Å²) in [4.78, 5) is 28.7. The lowest BCUT2D eigenvalue weighted by molar-refractivity contribution is -0.113. The third-order valence-electron chi connectivity index (χ3n) is 3.14. The van der Waals surface area contributed by atoms with E-state index in [1.807, 2.05) is 17.5 Å². The molecule has 0 aliphatic rings. The van der Waals surface area contributed by atoms with Crippen LogP contribution in [0, 0.1) is 0 Å². The van der Waals surface area contributed by atoms with Crippen LogP contribution in [-0.4, -0.2) is 39.9 Å². The number of H-pyrrole nitrogens is 1. The number of rotatable bonds is 6. The lowest BCUT2D eigenvalue weighted by atomic mass is 10.2. The fourth-order valence-corrected chi connectivity index (χ4v) is 3.23. The minimum Gasteiger partial charge on any atom is -0.465 e. The van der Waals surface area contributed by atoms with Crippen LogP contribution >= 0.6 is 23.1 Å². The Hall–Kier alpha value is -2.65. The highest BCUT2D eigenvalue weighted by atomic mass is 32.2. The van der Waals surface area contributed by atoms with E-state index in [1.54, 1.807) is 35.6 Å². The van der Waals surface area contributed by atoms with Crippen molar-refractivity contribution >= 4 is 40.7 Å². The van der Waals surface area contributed by atoms with Gasteiger partial charge in [0.1, 0.15) is 0 Å². The van der Waals surface area contributed by atoms with E-state index in [1.165, 1.54) is 18.9 Å². The van der Waals surface area contributed by atoms with Gasteiger partial charge in [-0.2, -0.15) is 0 Å². The quantitative estimate of drug-likeness (QED) is 0.508. The second kappa shape index (κ2) is 7.95. The van der Waals surface area contributed by atoms with Gasteiger partial charge in [-0.3, -0.25) is 9.89 Å². The van der Waals surface area contributed by atoms with Gasteiger partial charge in [0, 0.05) is 5.69 Å². The Balaban J connectivity index is 1.52. The number of thioether (sulfide) groups is 1. The summed E-state index contributed by atoms with van der Waals surface area (Å²) in [6.45, 7) is 0. The number of hydrogen-bond donors (Lipinski definition) is 2. The van der Waals surface area contributed by atoms with Gasteiger partial charge in [0.15, 0.2) is 5.82 Å². The maximum Gasteiger partial charge on any atom is 0.337 e. The molecule has 0 bridgehead atoms. The average molecular weight is 374 g/mol. The van der Waals surface area contributed by atoms with Crippen molar-refractivity contribution in [3.63, 3.8) is 0 Å². The summed E-state index contributed by atoms with van der Waals surface area (Å²) in [5, 5.41) is 12.2. The molecule has 2 aromatic heterocycles. The van der Waals surface area contributed by atoms with Crippen molar-refractivity contribution in [2.45, 2.75) is 5.16 Å². The summed E-state index contributed by atoms with van der Waals surface area (Å²) < 4.78 is 4.63. The van der Waals surface area contributed by atoms with Gasteiger partial charge in [-0.1, -0.05) is 17.8 Å². The number of carbonyl (C=O) groups is 2. The Morgan fingerprint density at radius 3 is 2.76 bits per heavy atom. The van der Waals surface area contributed by atoms with E-state index in [2.05, 4.69) is 25.2 Å². The molecule has 1 amide bonds. The van der Waals surface area contributed by atoms with E-state index in [9.17, 15) is 9.59 Å². The van der Waals surface area contributed by atoms with Crippen LogP contribution in [0.3, 0.4) is 0 Å². The molecule has 0 atom stereocenters. The molecule has 0 saturated heterocycles. The Morgan fingerprint density at radius 1 is 1.28 bits per heavy atom. The number of anilines is 1. The van der Waals surface area contributed by atoms with Crippen molar-refractivity contribution in [1.29, 1.82) is 0 Å². The van der Waals surface area contributed by atoms with Gasteiger partial charge in [0.05, 0.1) is 23.3 Å². The first-order chi connectivity index (χ1) is 12.2. The number of methoxy groups -OCH3 is 1. The van der Waals surface area contributed by atoms with Crippen molar-refractivity contribution in [1.82, 2.24) is 15.2 Å². The molecule has 0 fully saturated rings. The molecule has 2 N–H and O–H groups in total. The molecular weight excluding hydrogens is 360 g/mol.